The van der Waals surface area contributed by atoms with Crippen molar-refractivity contribution in [1.82, 2.24) is 0 Å². The smallest absolute Gasteiger partial charge is 0.310 e. The molecule has 0 saturated carbocycles. The lowest BCUT2D eigenvalue weighted by molar-refractivity contribution is -0.142. The summed E-state index contributed by atoms with van der Waals surface area (Å²) < 4.78 is 27.9. The highest BCUT2D eigenvalue weighted by molar-refractivity contribution is 5.72. The summed E-state index contributed by atoms with van der Waals surface area (Å²) in [7, 11) is 0. The van der Waals surface area contributed by atoms with Crippen LogP contribution in [0.15, 0.2) is 11.7 Å². The van der Waals surface area contributed by atoms with Crippen LogP contribution in [-0.4, -0.2) is 12.6 Å². The van der Waals surface area contributed by atoms with Crippen LogP contribution in [0, 0.1) is 0 Å². The number of rotatable bonds is 3. The number of carbonyl (C=O) groups is 1. The molecule has 0 unspecified atom stereocenters. The quantitative estimate of drug-likeness (QED) is 0.597. The van der Waals surface area contributed by atoms with Crippen molar-refractivity contribution in [1.29, 1.82) is 0 Å². The first-order valence-corrected chi connectivity index (χ1v) is 3.24. The predicted octanol–water partition coefficient (Wildman–Crippen LogP) is 2.11. The van der Waals surface area contributed by atoms with Crippen molar-refractivity contribution in [3.63, 3.8) is 0 Å². The minimum atomic E-state index is -1.81. The van der Waals surface area contributed by atoms with Crippen molar-refractivity contribution in [2.75, 3.05) is 6.61 Å². The first kappa shape index (κ1) is 10.1. The van der Waals surface area contributed by atoms with E-state index in [9.17, 15) is 13.6 Å². The molecule has 0 fully saturated rings. The molecular weight excluding hydrogens is 154 g/mol. The lowest BCUT2D eigenvalue weighted by Gasteiger charge is -1.99. The Balaban J connectivity index is 3.86. The third-order valence-electron chi connectivity index (χ3n) is 1.04. The maximum Gasteiger partial charge on any atom is 0.310 e. The molecule has 0 aliphatic heterocycles. The number of carbonyl (C=O) groups excluding carboxylic acids is 1. The molecule has 0 aliphatic rings. The monoisotopic (exact) mass is 164 g/mol. The van der Waals surface area contributed by atoms with E-state index in [1.54, 1.807) is 6.92 Å². The Kier molecular flexibility index (Phi) is 4.41. The number of ether oxygens (including phenoxy) is 1. The van der Waals surface area contributed by atoms with Crippen LogP contribution in [0.2, 0.25) is 0 Å². The fourth-order valence-electron chi connectivity index (χ4n) is 0.495. The van der Waals surface area contributed by atoms with Crippen molar-refractivity contribution in [3.8, 4) is 0 Å². The molecule has 0 N–H and O–H groups in total. The summed E-state index contributed by atoms with van der Waals surface area (Å²) in [5.74, 6) is -0.613. The van der Waals surface area contributed by atoms with E-state index in [0.717, 1.165) is 0 Å². The van der Waals surface area contributed by atoms with E-state index in [2.05, 4.69) is 4.74 Å². The number of hydrogen-bond acceptors (Lipinski definition) is 2. The predicted molar refractivity (Wildman–Crippen MR) is 36.2 cm³/mol. The Labute approximate surface area is 63.8 Å². The third-order valence-corrected chi connectivity index (χ3v) is 1.04. The van der Waals surface area contributed by atoms with Crippen molar-refractivity contribution in [2.24, 2.45) is 0 Å². The van der Waals surface area contributed by atoms with Gasteiger partial charge in [0, 0.05) is 5.57 Å². The van der Waals surface area contributed by atoms with Gasteiger partial charge in [-0.1, -0.05) is 0 Å². The number of halogens is 2. The van der Waals surface area contributed by atoms with Gasteiger partial charge in [-0.3, -0.25) is 4.79 Å². The Morgan fingerprint density at radius 1 is 1.45 bits per heavy atom. The third kappa shape index (κ3) is 4.47. The van der Waals surface area contributed by atoms with Gasteiger partial charge in [-0.05, 0) is 13.8 Å². The van der Waals surface area contributed by atoms with E-state index in [1.165, 1.54) is 6.92 Å². The molecule has 2 nitrogen and oxygen atoms in total. The molecule has 0 bridgehead atoms. The summed E-state index contributed by atoms with van der Waals surface area (Å²) in [6.45, 7) is 3.05. The standard InChI is InChI=1S/C7H10F2O2/c1-3-11-6(10)4-5(2)7(8)9/h3-4H2,1-2H3. The molecule has 0 aromatic heterocycles. The van der Waals surface area contributed by atoms with Crippen LogP contribution in [0.25, 0.3) is 0 Å². The summed E-state index contributed by atoms with van der Waals surface area (Å²) in [4.78, 5) is 10.6. The van der Waals surface area contributed by atoms with Crippen molar-refractivity contribution < 1.29 is 18.3 Å². The first-order chi connectivity index (χ1) is 5.07. The summed E-state index contributed by atoms with van der Waals surface area (Å²) in [5.41, 5.74) is -0.233. The van der Waals surface area contributed by atoms with Crippen LogP contribution in [0.1, 0.15) is 20.3 Å². The fraction of sp³-hybridized carbons (Fsp3) is 0.571. The van der Waals surface area contributed by atoms with Gasteiger partial charge in [-0.2, -0.15) is 8.78 Å². The molecular formula is C7H10F2O2. The Bertz CT molecular complexity index is 171. The van der Waals surface area contributed by atoms with Gasteiger partial charge in [0.1, 0.15) is 0 Å². The van der Waals surface area contributed by atoms with Crippen molar-refractivity contribution in [3.05, 3.63) is 11.7 Å². The first-order valence-electron chi connectivity index (χ1n) is 3.24. The summed E-state index contributed by atoms with van der Waals surface area (Å²) in [6, 6.07) is 0. The molecule has 0 rings (SSSR count). The summed E-state index contributed by atoms with van der Waals surface area (Å²) in [5, 5.41) is 0. The van der Waals surface area contributed by atoms with Crippen LogP contribution in [0.5, 0.6) is 0 Å². The van der Waals surface area contributed by atoms with Crippen LogP contribution in [0.4, 0.5) is 8.78 Å². The SMILES string of the molecule is CCOC(=O)CC(C)=C(F)F. The largest absolute Gasteiger partial charge is 0.466 e. The van der Waals surface area contributed by atoms with E-state index in [-0.39, 0.29) is 18.6 Å². The molecule has 0 radical (unpaired) electrons. The van der Waals surface area contributed by atoms with Gasteiger partial charge < -0.3 is 4.74 Å². The van der Waals surface area contributed by atoms with Gasteiger partial charge >= 0.3 is 5.97 Å². The van der Waals surface area contributed by atoms with Gasteiger partial charge in [0.15, 0.2) is 0 Å². The van der Waals surface area contributed by atoms with Crippen molar-refractivity contribution in [2.45, 2.75) is 20.3 Å². The van der Waals surface area contributed by atoms with Crippen LogP contribution in [0.3, 0.4) is 0 Å². The Hall–Kier alpha value is -0.930. The van der Waals surface area contributed by atoms with Gasteiger partial charge in [0.2, 0.25) is 0 Å². The normalized spacial score (nSPS) is 9.09. The second kappa shape index (κ2) is 4.82. The zero-order valence-corrected chi connectivity index (χ0v) is 6.49. The number of esters is 1. The Morgan fingerprint density at radius 2 is 2.00 bits per heavy atom. The highest BCUT2D eigenvalue weighted by Crippen LogP contribution is 2.10. The highest BCUT2D eigenvalue weighted by Gasteiger charge is 2.06. The zero-order valence-electron chi connectivity index (χ0n) is 6.49. The molecule has 64 valence electrons. The molecule has 4 heteroatoms. The average Bonchev–Trinajstić information content (AvgIpc) is 1.87. The molecule has 11 heavy (non-hydrogen) atoms. The van der Waals surface area contributed by atoms with Crippen LogP contribution in [-0.2, 0) is 9.53 Å². The van der Waals surface area contributed by atoms with Gasteiger partial charge in [0.25, 0.3) is 6.08 Å². The molecule has 0 heterocycles. The summed E-state index contributed by atoms with van der Waals surface area (Å²) >= 11 is 0. The van der Waals surface area contributed by atoms with E-state index in [0.29, 0.717) is 0 Å². The summed E-state index contributed by atoms with van der Waals surface area (Å²) in [6.07, 6.45) is -2.13. The molecule has 0 aliphatic carbocycles. The molecule has 0 saturated heterocycles. The van der Waals surface area contributed by atoms with E-state index in [4.69, 9.17) is 0 Å². The highest BCUT2D eigenvalue weighted by atomic mass is 19.3. The van der Waals surface area contributed by atoms with Crippen LogP contribution < -0.4 is 0 Å². The van der Waals surface area contributed by atoms with E-state index in [1.807, 2.05) is 0 Å². The topological polar surface area (TPSA) is 26.3 Å². The maximum atomic E-state index is 11.7. The maximum absolute atomic E-state index is 11.7. The van der Waals surface area contributed by atoms with Crippen molar-refractivity contribution >= 4 is 5.97 Å². The fourth-order valence-corrected chi connectivity index (χ4v) is 0.495. The zero-order chi connectivity index (χ0) is 8.85. The second-order valence-corrected chi connectivity index (χ2v) is 2.02. The molecule has 0 aromatic carbocycles. The molecule has 0 atom stereocenters. The lowest BCUT2D eigenvalue weighted by Crippen LogP contribution is -2.04. The van der Waals surface area contributed by atoms with Gasteiger partial charge in [-0.15, -0.1) is 0 Å². The van der Waals surface area contributed by atoms with E-state index < -0.39 is 12.0 Å². The molecule has 0 spiro atoms. The van der Waals surface area contributed by atoms with Gasteiger partial charge in [0.05, 0.1) is 13.0 Å². The van der Waals surface area contributed by atoms with Gasteiger partial charge in [-0.25, -0.2) is 0 Å². The molecule has 0 aromatic rings. The lowest BCUT2D eigenvalue weighted by atomic mass is 10.2. The molecule has 0 amide bonds. The average molecular weight is 164 g/mol. The Morgan fingerprint density at radius 3 is 2.36 bits per heavy atom. The van der Waals surface area contributed by atoms with E-state index >= 15 is 0 Å². The minimum Gasteiger partial charge on any atom is -0.466 e. The minimum absolute atomic E-state index is 0.222. The van der Waals surface area contributed by atoms with Crippen LogP contribution >= 0.6 is 0 Å². The second-order valence-electron chi connectivity index (χ2n) is 2.02. The number of hydrogen-bond donors (Lipinski definition) is 0.